The molecule has 0 aliphatic carbocycles. The lowest BCUT2D eigenvalue weighted by Crippen LogP contribution is -2.53. The van der Waals surface area contributed by atoms with Gasteiger partial charge in [0.2, 0.25) is 0 Å². The highest BCUT2D eigenvalue weighted by Crippen LogP contribution is 2.26. The van der Waals surface area contributed by atoms with Crippen LogP contribution in [0.15, 0.2) is 18.2 Å². The Balaban J connectivity index is 3.00. The van der Waals surface area contributed by atoms with Gasteiger partial charge >= 0.3 is 0 Å². The first kappa shape index (κ1) is 15.4. The Bertz CT molecular complexity index is 376. The Hall–Kier alpha value is -0.680. The van der Waals surface area contributed by atoms with Gasteiger partial charge in [-0.1, -0.05) is 24.6 Å². The number of nitrogens with two attached hydrogens (primary N) is 1. The Labute approximate surface area is 112 Å². The average molecular weight is 275 g/mol. The van der Waals surface area contributed by atoms with Gasteiger partial charge in [0.15, 0.2) is 0 Å². The molecule has 0 aromatic heterocycles. The number of nitrogens with one attached hydrogen (secondary N) is 1. The Morgan fingerprint density at radius 2 is 2.22 bits per heavy atom. The lowest BCUT2D eigenvalue weighted by molar-refractivity contribution is -0.0289. The molecule has 1 aromatic carbocycles. The van der Waals surface area contributed by atoms with Gasteiger partial charge in [-0.2, -0.15) is 0 Å². The molecule has 0 radical (unpaired) electrons. The molecule has 0 aliphatic rings. The molecule has 0 aliphatic heterocycles. The zero-order valence-corrected chi connectivity index (χ0v) is 11.7. The van der Waals surface area contributed by atoms with Gasteiger partial charge in [-0.25, -0.2) is 4.39 Å². The summed E-state index contributed by atoms with van der Waals surface area (Å²) in [6.07, 6.45) is 1.13. The summed E-state index contributed by atoms with van der Waals surface area (Å²) in [4.78, 5) is 0. The third-order valence-corrected chi connectivity index (χ3v) is 3.93. The van der Waals surface area contributed by atoms with Gasteiger partial charge in [0.05, 0.1) is 11.6 Å². The maximum atomic E-state index is 13.7. The minimum Gasteiger partial charge on any atom is -0.377 e. The van der Waals surface area contributed by atoms with Gasteiger partial charge in [0.25, 0.3) is 0 Å². The minimum absolute atomic E-state index is 0.220. The van der Waals surface area contributed by atoms with E-state index in [9.17, 15) is 4.39 Å². The van der Waals surface area contributed by atoms with Crippen molar-refractivity contribution in [3.05, 3.63) is 34.6 Å². The van der Waals surface area contributed by atoms with Crippen LogP contribution in [0, 0.1) is 5.82 Å². The topological polar surface area (TPSA) is 47.3 Å². The van der Waals surface area contributed by atoms with Crippen LogP contribution >= 0.6 is 11.6 Å². The van der Waals surface area contributed by atoms with Crippen molar-refractivity contribution >= 4 is 11.6 Å². The standard InChI is InChI=1S/C13H20ClFN2O/c1-4-13(2,18-3)12(17-16)8-9-10(14)6-5-7-11(9)15/h5-7,12,17H,4,8,16H2,1-3H3. The molecule has 18 heavy (non-hydrogen) atoms. The fraction of sp³-hybridized carbons (Fsp3) is 0.538. The molecule has 3 N–H and O–H groups in total. The number of methoxy groups -OCH3 is 1. The van der Waals surface area contributed by atoms with E-state index in [-0.39, 0.29) is 11.9 Å². The smallest absolute Gasteiger partial charge is 0.127 e. The van der Waals surface area contributed by atoms with Crippen molar-refractivity contribution in [3.63, 3.8) is 0 Å². The first-order valence-electron chi connectivity index (χ1n) is 5.92. The number of ether oxygens (including phenoxy) is 1. The first-order chi connectivity index (χ1) is 8.48. The molecule has 2 unspecified atom stereocenters. The molecule has 1 aromatic rings. The number of rotatable bonds is 6. The molecular weight excluding hydrogens is 255 g/mol. The fourth-order valence-electron chi connectivity index (χ4n) is 1.92. The highest BCUT2D eigenvalue weighted by atomic mass is 35.5. The van der Waals surface area contributed by atoms with E-state index in [2.05, 4.69) is 5.43 Å². The van der Waals surface area contributed by atoms with E-state index >= 15 is 0 Å². The van der Waals surface area contributed by atoms with Crippen LogP contribution in [0.3, 0.4) is 0 Å². The van der Waals surface area contributed by atoms with Crippen molar-refractivity contribution in [1.82, 2.24) is 5.43 Å². The van der Waals surface area contributed by atoms with Crippen molar-refractivity contribution in [2.75, 3.05) is 7.11 Å². The van der Waals surface area contributed by atoms with E-state index in [4.69, 9.17) is 22.2 Å². The summed E-state index contributed by atoms with van der Waals surface area (Å²) >= 11 is 6.02. The lowest BCUT2D eigenvalue weighted by atomic mass is 9.88. The SMILES string of the molecule is CCC(C)(OC)C(Cc1c(F)cccc1Cl)NN. The van der Waals surface area contributed by atoms with Gasteiger partial charge in [0, 0.05) is 17.7 Å². The summed E-state index contributed by atoms with van der Waals surface area (Å²) in [5.74, 6) is 5.24. The van der Waals surface area contributed by atoms with Crippen molar-refractivity contribution in [2.45, 2.75) is 38.3 Å². The van der Waals surface area contributed by atoms with Gasteiger partial charge < -0.3 is 4.74 Å². The van der Waals surface area contributed by atoms with Crippen molar-refractivity contribution < 1.29 is 9.13 Å². The molecule has 0 bridgehead atoms. The monoisotopic (exact) mass is 274 g/mol. The second kappa shape index (κ2) is 6.48. The minimum atomic E-state index is -0.472. The average Bonchev–Trinajstić information content (AvgIpc) is 2.37. The molecule has 0 spiro atoms. The summed E-state index contributed by atoms with van der Waals surface area (Å²) < 4.78 is 19.2. The van der Waals surface area contributed by atoms with Crippen molar-refractivity contribution in [3.8, 4) is 0 Å². The van der Waals surface area contributed by atoms with Gasteiger partial charge in [-0.15, -0.1) is 0 Å². The van der Waals surface area contributed by atoms with E-state index in [0.717, 1.165) is 6.42 Å². The molecule has 0 heterocycles. The van der Waals surface area contributed by atoms with E-state index in [1.165, 1.54) is 6.07 Å². The van der Waals surface area contributed by atoms with Gasteiger partial charge in [0.1, 0.15) is 5.82 Å². The highest BCUT2D eigenvalue weighted by Gasteiger charge is 2.33. The second-order valence-electron chi connectivity index (χ2n) is 4.49. The van der Waals surface area contributed by atoms with Crippen LogP contribution in [0.5, 0.6) is 0 Å². The molecule has 0 fully saturated rings. The summed E-state index contributed by atoms with van der Waals surface area (Å²) in [5, 5.41) is 0.407. The van der Waals surface area contributed by atoms with Crippen LogP contribution < -0.4 is 11.3 Å². The predicted molar refractivity (Wildman–Crippen MR) is 71.9 cm³/mol. The molecule has 0 amide bonds. The molecule has 5 heteroatoms. The predicted octanol–water partition coefficient (Wildman–Crippen LogP) is 2.67. The van der Waals surface area contributed by atoms with E-state index < -0.39 is 5.60 Å². The molecule has 0 saturated heterocycles. The zero-order chi connectivity index (χ0) is 13.8. The van der Waals surface area contributed by atoms with Crippen LogP contribution in [0.1, 0.15) is 25.8 Å². The normalized spacial score (nSPS) is 16.3. The number of hydrogen-bond donors (Lipinski definition) is 2. The number of benzene rings is 1. The Morgan fingerprint density at radius 3 is 2.67 bits per heavy atom. The fourth-order valence-corrected chi connectivity index (χ4v) is 2.16. The molecule has 3 nitrogen and oxygen atoms in total. The van der Waals surface area contributed by atoms with Crippen molar-refractivity contribution in [2.24, 2.45) is 5.84 Å². The largest absolute Gasteiger partial charge is 0.377 e. The molecule has 1 rings (SSSR count). The third kappa shape index (κ3) is 3.20. The van der Waals surface area contributed by atoms with Crippen LogP contribution in [0.2, 0.25) is 5.02 Å². The first-order valence-corrected chi connectivity index (χ1v) is 6.30. The van der Waals surface area contributed by atoms with E-state index in [1.54, 1.807) is 19.2 Å². The third-order valence-electron chi connectivity index (χ3n) is 3.58. The maximum Gasteiger partial charge on any atom is 0.127 e. The van der Waals surface area contributed by atoms with Gasteiger partial charge in [-0.05, 0) is 31.9 Å². The quantitative estimate of drug-likeness (QED) is 0.619. The molecular formula is C13H20ClFN2O. The molecule has 0 saturated carbocycles. The van der Waals surface area contributed by atoms with Crippen LogP contribution in [0.25, 0.3) is 0 Å². The lowest BCUT2D eigenvalue weighted by Gasteiger charge is -2.35. The van der Waals surface area contributed by atoms with Crippen LogP contribution in [0.4, 0.5) is 4.39 Å². The summed E-state index contributed by atoms with van der Waals surface area (Å²) in [6, 6.07) is 4.43. The summed E-state index contributed by atoms with van der Waals surface area (Å²) in [5.41, 5.74) is 2.68. The maximum absolute atomic E-state index is 13.7. The Kier molecular flexibility index (Phi) is 5.53. The zero-order valence-electron chi connectivity index (χ0n) is 11.0. The van der Waals surface area contributed by atoms with E-state index in [0.29, 0.717) is 17.0 Å². The van der Waals surface area contributed by atoms with Crippen LogP contribution in [-0.2, 0) is 11.2 Å². The number of hydrazine groups is 1. The Morgan fingerprint density at radius 1 is 1.56 bits per heavy atom. The molecule has 102 valence electrons. The second-order valence-corrected chi connectivity index (χ2v) is 4.90. The molecule has 2 atom stereocenters. The highest BCUT2D eigenvalue weighted by molar-refractivity contribution is 6.31. The summed E-state index contributed by atoms with van der Waals surface area (Å²) in [6.45, 7) is 3.93. The van der Waals surface area contributed by atoms with Crippen LogP contribution in [-0.4, -0.2) is 18.8 Å². The van der Waals surface area contributed by atoms with E-state index in [1.807, 2.05) is 13.8 Å². The van der Waals surface area contributed by atoms with Gasteiger partial charge in [-0.3, -0.25) is 11.3 Å². The number of halogens is 2. The van der Waals surface area contributed by atoms with Crippen molar-refractivity contribution in [1.29, 1.82) is 0 Å². The number of hydrogen-bond acceptors (Lipinski definition) is 3. The summed E-state index contributed by atoms with van der Waals surface area (Å²) in [7, 11) is 1.62.